The Balaban J connectivity index is 2.53. The summed E-state index contributed by atoms with van der Waals surface area (Å²) < 4.78 is 1.17. The molecule has 2 rings (SSSR count). The van der Waals surface area contributed by atoms with Crippen LogP contribution < -0.4 is 5.73 Å². The lowest BCUT2D eigenvalue weighted by Gasteiger charge is -2.07. The number of thioether (sulfide) groups is 1. The van der Waals surface area contributed by atoms with Gasteiger partial charge < -0.3 is 5.73 Å². The molecule has 1 nitrogen and oxygen atoms in total. The second kappa shape index (κ2) is 3.05. The van der Waals surface area contributed by atoms with Crippen LogP contribution in [0, 0.1) is 0 Å². The monoisotopic (exact) mass is 243 g/mol. The molecular formula is C9H10BrNS. The number of nitrogens with two attached hydrogens (primary N) is 1. The van der Waals surface area contributed by atoms with Crippen molar-refractivity contribution in [3.8, 4) is 0 Å². The van der Waals surface area contributed by atoms with Gasteiger partial charge in [0.05, 0.1) is 0 Å². The van der Waals surface area contributed by atoms with E-state index in [0.717, 1.165) is 0 Å². The minimum Gasteiger partial charge on any atom is -0.323 e. The van der Waals surface area contributed by atoms with Crippen LogP contribution in [0.15, 0.2) is 27.6 Å². The number of fused-ring (bicyclic) bond motifs is 1. The van der Waals surface area contributed by atoms with Crippen molar-refractivity contribution in [1.29, 1.82) is 0 Å². The van der Waals surface area contributed by atoms with E-state index in [1.165, 1.54) is 14.9 Å². The topological polar surface area (TPSA) is 26.0 Å². The first-order valence-electron chi connectivity index (χ1n) is 3.91. The minimum absolute atomic E-state index is 0.197. The Kier molecular flexibility index (Phi) is 2.19. The summed E-state index contributed by atoms with van der Waals surface area (Å²) in [5.41, 5.74) is 7.30. The van der Waals surface area contributed by atoms with Gasteiger partial charge in [0.15, 0.2) is 0 Å². The lowest BCUT2D eigenvalue weighted by molar-refractivity contribution is 0.724. The highest BCUT2D eigenvalue weighted by molar-refractivity contribution is 9.10. The molecule has 2 unspecified atom stereocenters. The summed E-state index contributed by atoms with van der Waals surface area (Å²) >= 11 is 5.38. The zero-order chi connectivity index (χ0) is 8.72. The van der Waals surface area contributed by atoms with Crippen molar-refractivity contribution in [3.63, 3.8) is 0 Å². The Morgan fingerprint density at radius 1 is 1.50 bits per heavy atom. The average molecular weight is 244 g/mol. The van der Waals surface area contributed by atoms with Crippen LogP contribution in [0.3, 0.4) is 0 Å². The van der Waals surface area contributed by atoms with Crippen LogP contribution in [0.5, 0.6) is 0 Å². The van der Waals surface area contributed by atoms with E-state index in [0.29, 0.717) is 5.25 Å². The van der Waals surface area contributed by atoms with Gasteiger partial charge in [-0.1, -0.05) is 19.1 Å². The summed E-state index contributed by atoms with van der Waals surface area (Å²) in [6, 6.07) is 6.42. The molecule has 1 aromatic rings. The Morgan fingerprint density at radius 3 is 2.92 bits per heavy atom. The molecule has 0 aromatic heterocycles. The third kappa shape index (κ3) is 1.20. The fourth-order valence-electron chi connectivity index (χ4n) is 1.42. The molecule has 1 aromatic carbocycles. The van der Waals surface area contributed by atoms with Crippen LogP contribution in [0.2, 0.25) is 0 Å². The van der Waals surface area contributed by atoms with Crippen molar-refractivity contribution in [1.82, 2.24) is 0 Å². The SMILES string of the molecule is CC1Sc2c(Br)cccc2C1N. The third-order valence-electron chi connectivity index (χ3n) is 2.17. The standard InChI is InChI=1S/C9H10BrNS/c1-5-8(11)6-3-2-4-7(10)9(6)12-5/h2-5,8H,11H2,1H3. The number of halogens is 1. The average Bonchev–Trinajstić information content (AvgIpc) is 2.32. The molecule has 0 bridgehead atoms. The largest absolute Gasteiger partial charge is 0.323 e. The summed E-state index contributed by atoms with van der Waals surface area (Å²) in [5, 5.41) is 0.499. The predicted molar refractivity (Wildman–Crippen MR) is 56.4 cm³/mol. The fourth-order valence-corrected chi connectivity index (χ4v) is 3.27. The predicted octanol–water partition coefficient (Wildman–Crippen LogP) is 2.94. The maximum Gasteiger partial charge on any atom is 0.0427 e. The van der Waals surface area contributed by atoms with Gasteiger partial charge in [0.2, 0.25) is 0 Å². The number of benzene rings is 1. The number of hydrogen-bond acceptors (Lipinski definition) is 2. The zero-order valence-corrected chi connectivity index (χ0v) is 9.15. The fraction of sp³-hybridized carbons (Fsp3) is 0.333. The molecule has 0 saturated carbocycles. The highest BCUT2D eigenvalue weighted by Gasteiger charge is 2.28. The van der Waals surface area contributed by atoms with Crippen LogP contribution in [0.1, 0.15) is 18.5 Å². The van der Waals surface area contributed by atoms with Crippen molar-refractivity contribution >= 4 is 27.7 Å². The second-order valence-corrected chi connectivity index (χ2v) is 5.25. The van der Waals surface area contributed by atoms with Crippen molar-refractivity contribution < 1.29 is 0 Å². The lowest BCUT2D eigenvalue weighted by atomic mass is 10.1. The summed E-state index contributed by atoms with van der Waals surface area (Å²) in [5.74, 6) is 0. The van der Waals surface area contributed by atoms with Gasteiger partial charge in [-0.05, 0) is 27.6 Å². The Labute approximate surface area is 84.9 Å². The van der Waals surface area contributed by atoms with Gasteiger partial charge in [0.1, 0.15) is 0 Å². The van der Waals surface area contributed by atoms with Gasteiger partial charge in [-0.2, -0.15) is 0 Å². The Morgan fingerprint density at radius 2 is 2.25 bits per heavy atom. The molecule has 64 valence electrons. The lowest BCUT2D eigenvalue weighted by Crippen LogP contribution is -2.15. The highest BCUT2D eigenvalue weighted by atomic mass is 79.9. The van der Waals surface area contributed by atoms with Gasteiger partial charge in [-0.25, -0.2) is 0 Å². The molecule has 0 aliphatic carbocycles. The third-order valence-corrected chi connectivity index (χ3v) is 4.45. The maximum absolute atomic E-state index is 6.02. The van der Waals surface area contributed by atoms with Crippen LogP contribution in [0.25, 0.3) is 0 Å². The molecule has 2 atom stereocenters. The highest BCUT2D eigenvalue weighted by Crippen LogP contribution is 2.45. The first-order valence-corrected chi connectivity index (χ1v) is 5.58. The van der Waals surface area contributed by atoms with Crippen LogP contribution >= 0.6 is 27.7 Å². The summed E-state index contributed by atoms with van der Waals surface area (Å²) in [7, 11) is 0. The van der Waals surface area contributed by atoms with Crippen LogP contribution in [0.4, 0.5) is 0 Å². The molecule has 12 heavy (non-hydrogen) atoms. The van der Waals surface area contributed by atoms with E-state index >= 15 is 0 Å². The quantitative estimate of drug-likeness (QED) is 0.759. The van der Waals surface area contributed by atoms with Crippen LogP contribution in [-0.2, 0) is 0 Å². The molecule has 1 heterocycles. The molecule has 1 aliphatic heterocycles. The first kappa shape index (κ1) is 8.60. The van der Waals surface area contributed by atoms with Gasteiger partial charge in [-0.15, -0.1) is 11.8 Å². The first-order chi connectivity index (χ1) is 5.70. The summed E-state index contributed by atoms with van der Waals surface area (Å²) in [6.45, 7) is 2.17. The number of hydrogen-bond donors (Lipinski definition) is 1. The molecule has 1 aliphatic rings. The van der Waals surface area contributed by atoms with Crippen LogP contribution in [-0.4, -0.2) is 5.25 Å². The van der Waals surface area contributed by atoms with E-state index in [2.05, 4.69) is 35.0 Å². The zero-order valence-electron chi connectivity index (χ0n) is 6.75. The molecule has 0 amide bonds. The van der Waals surface area contributed by atoms with Gasteiger partial charge >= 0.3 is 0 Å². The van der Waals surface area contributed by atoms with Crippen molar-refractivity contribution in [2.45, 2.75) is 23.1 Å². The van der Waals surface area contributed by atoms with Crippen molar-refractivity contribution in [2.75, 3.05) is 0 Å². The molecule has 2 N–H and O–H groups in total. The van der Waals surface area contributed by atoms with Gasteiger partial charge in [0, 0.05) is 20.7 Å². The number of rotatable bonds is 0. The smallest absolute Gasteiger partial charge is 0.0427 e. The Hall–Kier alpha value is 0.01000. The van der Waals surface area contributed by atoms with Crippen molar-refractivity contribution in [3.05, 3.63) is 28.2 Å². The van der Waals surface area contributed by atoms with Gasteiger partial charge in [-0.3, -0.25) is 0 Å². The van der Waals surface area contributed by atoms with E-state index in [1.807, 2.05) is 17.8 Å². The Bertz CT molecular complexity index is 313. The van der Waals surface area contributed by atoms with E-state index in [9.17, 15) is 0 Å². The molecule has 0 spiro atoms. The molecule has 3 heteroatoms. The van der Waals surface area contributed by atoms with Gasteiger partial charge in [0.25, 0.3) is 0 Å². The molecule has 0 radical (unpaired) electrons. The van der Waals surface area contributed by atoms with E-state index in [-0.39, 0.29) is 6.04 Å². The second-order valence-electron chi connectivity index (χ2n) is 3.01. The summed E-state index contributed by atoms with van der Waals surface area (Å²) in [4.78, 5) is 1.32. The van der Waals surface area contributed by atoms with E-state index < -0.39 is 0 Å². The minimum atomic E-state index is 0.197. The molecular weight excluding hydrogens is 234 g/mol. The normalized spacial score (nSPS) is 27.2. The molecule has 0 saturated heterocycles. The van der Waals surface area contributed by atoms with Crippen molar-refractivity contribution in [2.24, 2.45) is 5.73 Å². The summed E-state index contributed by atoms with van der Waals surface area (Å²) in [6.07, 6.45) is 0. The van der Waals surface area contributed by atoms with E-state index in [1.54, 1.807) is 0 Å². The van der Waals surface area contributed by atoms with E-state index in [4.69, 9.17) is 5.73 Å². The molecule has 0 fully saturated rings. The maximum atomic E-state index is 6.02.